The van der Waals surface area contributed by atoms with Crippen LogP contribution in [0.3, 0.4) is 0 Å². The molecule has 7 heteroatoms. The average molecular weight is 359 g/mol. The molecular weight excluding hydrogens is 334 g/mol. The van der Waals surface area contributed by atoms with Crippen molar-refractivity contribution in [1.29, 1.82) is 0 Å². The summed E-state index contributed by atoms with van der Waals surface area (Å²) in [5.74, 6) is 0.729. The number of amides is 1. The number of carbonyl (C=O) groups excluding carboxylic acids is 1. The Hall–Kier alpha value is -2.02. The first-order chi connectivity index (χ1) is 12.3. The Balaban J connectivity index is 1.30. The molecule has 2 heterocycles. The van der Waals surface area contributed by atoms with E-state index >= 15 is 0 Å². The zero-order valence-electron chi connectivity index (χ0n) is 14.5. The van der Waals surface area contributed by atoms with Gasteiger partial charge < -0.3 is 10.6 Å². The number of hydrogen-bond acceptors (Lipinski definition) is 6. The van der Waals surface area contributed by atoms with Gasteiger partial charge in [0.25, 0.3) is 0 Å². The maximum absolute atomic E-state index is 12.1. The smallest absolute Gasteiger partial charge is 0.226 e. The number of aromatic nitrogens is 3. The molecule has 2 aromatic rings. The Morgan fingerprint density at radius 2 is 1.92 bits per heavy atom. The molecule has 0 unspecified atom stereocenters. The number of thiazole rings is 1. The number of rotatable bonds is 8. The molecule has 2 N–H and O–H groups in total. The summed E-state index contributed by atoms with van der Waals surface area (Å²) in [6, 6.07) is 1.80. The Labute approximate surface area is 152 Å². The van der Waals surface area contributed by atoms with E-state index in [2.05, 4.69) is 25.6 Å². The third-order valence-electron chi connectivity index (χ3n) is 4.27. The molecule has 134 valence electrons. The lowest BCUT2D eigenvalue weighted by atomic mass is 10.2. The summed E-state index contributed by atoms with van der Waals surface area (Å²) in [6.07, 6.45) is 12.8. The number of unbranched alkanes of at least 4 members (excludes halogenated alkanes) is 2. The van der Waals surface area contributed by atoms with Gasteiger partial charge in [0.05, 0.1) is 5.69 Å². The molecule has 0 fully saturated rings. The zero-order valence-corrected chi connectivity index (χ0v) is 15.3. The number of hydrogen-bond donors (Lipinski definition) is 2. The van der Waals surface area contributed by atoms with Crippen LogP contribution in [0.5, 0.6) is 0 Å². The van der Waals surface area contributed by atoms with Crippen molar-refractivity contribution in [3.8, 4) is 0 Å². The van der Waals surface area contributed by atoms with Crippen LogP contribution < -0.4 is 10.6 Å². The molecule has 1 amide bonds. The van der Waals surface area contributed by atoms with Gasteiger partial charge in [-0.3, -0.25) is 4.79 Å². The van der Waals surface area contributed by atoms with E-state index in [1.165, 1.54) is 29.8 Å². The highest BCUT2D eigenvalue weighted by molar-refractivity contribution is 7.15. The molecule has 0 radical (unpaired) electrons. The van der Waals surface area contributed by atoms with Crippen molar-refractivity contribution >= 4 is 28.3 Å². The van der Waals surface area contributed by atoms with Gasteiger partial charge in [0.2, 0.25) is 11.9 Å². The van der Waals surface area contributed by atoms with Crippen LogP contribution in [0, 0.1) is 0 Å². The molecule has 0 saturated carbocycles. The summed E-state index contributed by atoms with van der Waals surface area (Å²) in [4.78, 5) is 26.3. The summed E-state index contributed by atoms with van der Waals surface area (Å²) in [5, 5.41) is 6.92. The summed E-state index contributed by atoms with van der Waals surface area (Å²) in [7, 11) is 0. The molecule has 0 spiro atoms. The van der Waals surface area contributed by atoms with Crippen LogP contribution in [0.1, 0.15) is 55.5 Å². The third-order valence-corrected chi connectivity index (χ3v) is 5.34. The Morgan fingerprint density at radius 3 is 2.80 bits per heavy atom. The third kappa shape index (κ3) is 5.77. The molecule has 1 aliphatic carbocycles. The van der Waals surface area contributed by atoms with E-state index in [0.717, 1.165) is 43.8 Å². The lowest BCUT2D eigenvalue weighted by Crippen LogP contribution is -2.11. The topological polar surface area (TPSA) is 79.8 Å². The first-order valence-electron chi connectivity index (χ1n) is 9.10. The summed E-state index contributed by atoms with van der Waals surface area (Å²) >= 11 is 1.66. The largest absolute Gasteiger partial charge is 0.354 e. The van der Waals surface area contributed by atoms with Crippen LogP contribution in [0.25, 0.3) is 0 Å². The van der Waals surface area contributed by atoms with Gasteiger partial charge in [0.15, 0.2) is 5.13 Å². The van der Waals surface area contributed by atoms with Crippen molar-refractivity contribution < 1.29 is 4.79 Å². The van der Waals surface area contributed by atoms with Crippen molar-refractivity contribution in [3.63, 3.8) is 0 Å². The first-order valence-corrected chi connectivity index (χ1v) is 9.92. The number of nitrogens with one attached hydrogen (secondary N) is 2. The molecule has 25 heavy (non-hydrogen) atoms. The number of fused-ring (bicyclic) bond motifs is 1. The van der Waals surface area contributed by atoms with E-state index in [9.17, 15) is 4.79 Å². The minimum atomic E-state index is 0.0725. The SMILES string of the molecule is O=C(CCCCCNc1ncccn1)Nc1nc2c(s1)CCCCC2. The second-order valence-electron chi connectivity index (χ2n) is 6.31. The molecule has 0 aromatic carbocycles. The summed E-state index contributed by atoms with van der Waals surface area (Å²) in [6.45, 7) is 0.824. The van der Waals surface area contributed by atoms with Crippen LogP contribution in [-0.2, 0) is 17.6 Å². The predicted molar refractivity (Wildman–Crippen MR) is 101 cm³/mol. The van der Waals surface area contributed by atoms with Crippen LogP contribution in [0.2, 0.25) is 0 Å². The fourth-order valence-electron chi connectivity index (χ4n) is 2.94. The van der Waals surface area contributed by atoms with Gasteiger partial charge in [-0.05, 0) is 44.6 Å². The van der Waals surface area contributed by atoms with Gasteiger partial charge in [-0.15, -0.1) is 11.3 Å². The maximum atomic E-state index is 12.1. The molecular formula is C18H25N5OS. The van der Waals surface area contributed by atoms with E-state index in [0.29, 0.717) is 12.4 Å². The van der Waals surface area contributed by atoms with Gasteiger partial charge in [-0.2, -0.15) is 0 Å². The second kappa shape index (κ2) is 9.46. The van der Waals surface area contributed by atoms with Crippen LogP contribution in [0.15, 0.2) is 18.5 Å². The summed E-state index contributed by atoms with van der Waals surface area (Å²) in [5.41, 5.74) is 1.20. The van der Waals surface area contributed by atoms with Gasteiger partial charge in [-0.1, -0.05) is 12.8 Å². The normalized spacial score (nSPS) is 13.8. The monoisotopic (exact) mass is 359 g/mol. The minimum Gasteiger partial charge on any atom is -0.354 e. The lowest BCUT2D eigenvalue weighted by Gasteiger charge is -2.04. The molecule has 0 atom stereocenters. The quantitative estimate of drug-likeness (QED) is 0.553. The number of aryl methyl sites for hydroxylation is 2. The van der Waals surface area contributed by atoms with E-state index in [1.54, 1.807) is 29.8 Å². The second-order valence-corrected chi connectivity index (χ2v) is 7.39. The molecule has 3 rings (SSSR count). The molecule has 2 aromatic heterocycles. The van der Waals surface area contributed by atoms with Crippen LogP contribution in [0.4, 0.5) is 11.1 Å². The molecule has 0 aliphatic heterocycles. The molecule has 0 saturated heterocycles. The van der Waals surface area contributed by atoms with E-state index in [-0.39, 0.29) is 5.91 Å². The Morgan fingerprint density at radius 1 is 1.08 bits per heavy atom. The van der Waals surface area contributed by atoms with Crippen molar-refractivity contribution in [3.05, 3.63) is 29.0 Å². The molecule has 6 nitrogen and oxygen atoms in total. The summed E-state index contributed by atoms with van der Waals surface area (Å²) < 4.78 is 0. The first kappa shape index (κ1) is 17.8. The van der Waals surface area contributed by atoms with Crippen LogP contribution >= 0.6 is 11.3 Å². The molecule has 1 aliphatic rings. The van der Waals surface area contributed by atoms with Crippen LogP contribution in [-0.4, -0.2) is 27.4 Å². The fourth-order valence-corrected chi connectivity index (χ4v) is 4.01. The average Bonchev–Trinajstić information content (AvgIpc) is 2.87. The highest BCUT2D eigenvalue weighted by Crippen LogP contribution is 2.29. The minimum absolute atomic E-state index is 0.0725. The van der Waals surface area contributed by atoms with Gasteiger partial charge in [0.1, 0.15) is 0 Å². The van der Waals surface area contributed by atoms with Crippen molar-refractivity contribution in [2.75, 3.05) is 17.2 Å². The predicted octanol–water partition coefficient (Wildman–Crippen LogP) is 3.81. The highest BCUT2D eigenvalue weighted by Gasteiger charge is 2.15. The number of nitrogens with zero attached hydrogens (tertiary/aromatic N) is 3. The van der Waals surface area contributed by atoms with Gasteiger partial charge in [-0.25, -0.2) is 15.0 Å². The Bertz CT molecular complexity index is 650. The standard InChI is InChI=1S/C18H25N5OS/c24-16(10-5-2-6-11-19-17-20-12-7-13-21-17)23-18-22-14-8-3-1-4-9-15(14)25-18/h7,12-13H,1-6,8-11H2,(H,19,20,21)(H,22,23,24). The fraction of sp³-hybridized carbons (Fsp3) is 0.556. The van der Waals surface area contributed by atoms with E-state index in [4.69, 9.17) is 0 Å². The zero-order chi connectivity index (χ0) is 17.3. The highest BCUT2D eigenvalue weighted by atomic mass is 32.1. The van der Waals surface area contributed by atoms with E-state index < -0.39 is 0 Å². The van der Waals surface area contributed by atoms with Gasteiger partial charge in [0, 0.05) is 30.2 Å². The Kier molecular flexibility index (Phi) is 6.73. The lowest BCUT2D eigenvalue weighted by molar-refractivity contribution is -0.116. The van der Waals surface area contributed by atoms with Crippen molar-refractivity contribution in [1.82, 2.24) is 15.0 Å². The number of carbonyl (C=O) groups is 1. The maximum Gasteiger partial charge on any atom is 0.226 e. The molecule has 0 bridgehead atoms. The van der Waals surface area contributed by atoms with Crippen molar-refractivity contribution in [2.45, 2.75) is 57.8 Å². The van der Waals surface area contributed by atoms with Gasteiger partial charge >= 0.3 is 0 Å². The number of anilines is 2. The van der Waals surface area contributed by atoms with Crippen molar-refractivity contribution in [2.24, 2.45) is 0 Å². The van der Waals surface area contributed by atoms with E-state index in [1.807, 2.05) is 0 Å².